The van der Waals surface area contributed by atoms with E-state index >= 15 is 0 Å². The normalized spacial score (nSPS) is 18.9. The van der Waals surface area contributed by atoms with Crippen molar-refractivity contribution in [2.75, 3.05) is 26.7 Å². The lowest BCUT2D eigenvalue weighted by molar-refractivity contribution is -0.144. The van der Waals surface area contributed by atoms with Gasteiger partial charge in [0.15, 0.2) is 0 Å². The van der Waals surface area contributed by atoms with Crippen molar-refractivity contribution in [3.05, 3.63) is 17.0 Å². The molecule has 1 aromatic heterocycles. The fourth-order valence-corrected chi connectivity index (χ4v) is 3.20. The summed E-state index contributed by atoms with van der Waals surface area (Å²) in [7, 11) is 1.61. The summed E-state index contributed by atoms with van der Waals surface area (Å²) >= 11 is 0. The van der Waals surface area contributed by atoms with Gasteiger partial charge in [0.1, 0.15) is 11.8 Å². The molecule has 1 fully saturated rings. The largest absolute Gasteiger partial charge is 0.361 e. The van der Waals surface area contributed by atoms with Crippen molar-refractivity contribution in [3.63, 3.8) is 0 Å². The Labute approximate surface area is 143 Å². The van der Waals surface area contributed by atoms with Gasteiger partial charge in [-0.1, -0.05) is 5.16 Å². The minimum atomic E-state index is -0.427. The standard InChI is InChI=1S/C17H28N4O3/c1-11(2)20-8-9-21(15(10-20)17(23)18-5)16(22)7-6-14-12(3)19-24-13(14)4/h11,15H,6-10H2,1-5H3,(H,18,23). The molecule has 1 unspecified atom stereocenters. The van der Waals surface area contributed by atoms with Crippen LogP contribution in [0.25, 0.3) is 0 Å². The molecule has 24 heavy (non-hydrogen) atoms. The molecule has 0 bridgehead atoms. The van der Waals surface area contributed by atoms with Gasteiger partial charge in [0.25, 0.3) is 0 Å². The molecule has 0 saturated carbocycles. The third kappa shape index (κ3) is 3.95. The molecule has 0 aromatic carbocycles. The van der Waals surface area contributed by atoms with Gasteiger partial charge in [-0.05, 0) is 34.1 Å². The summed E-state index contributed by atoms with van der Waals surface area (Å²) in [5.41, 5.74) is 1.81. The van der Waals surface area contributed by atoms with Gasteiger partial charge in [0.05, 0.1) is 5.69 Å². The number of hydrogen-bond donors (Lipinski definition) is 1. The molecule has 1 N–H and O–H groups in total. The zero-order valence-corrected chi connectivity index (χ0v) is 15.3. The number of rotatable bonds is 5. The second-order valence-electron chi connectivity index (χ2n) is 6.61. The van der Waals surface area contributed by atoms with Gasteiger partial charge >= 0.3 is 0 Å². The van der Waals surface area contributed by atoms with E-state index in [0.717, 1.165) is 23.6 Å². The van der Waals surface area contributed by atoms with Crippen molar-refractivity contribution in [1.29, 1.82) is 0 Å². The second kappa shape index (κ2) is 7.79. The number of carbonyl (C=O) groups is 2. The van der Waals surface area contributed by atoms with E-state index in [1.165, 1.54) is 0 Å². The highest BCUT2D eigenvalue weighted by Crippen LogP contribution is 2.18. The van der Waals surface area contributed by atoms with Crippen LogP contribution in [0.3, 0.4) is 0 Å². The lowest BCUT2D eigenvalue weighted by Crippen LogP contribution is -2.61. The number of nitrogens with zero attached hydrogens (tertiary/aromatic N) is 3. The maximum atomic E-state index is 12.7. The molecule has 2 rings (SSSR count). The molecular formula is C17H28N4O3. The van der Waals surface area contributed by atoms with Crippen molar-refractivity contribution in [2.45, 2.75) is 52.6 Å². The quantitative estimate of drug-likeness (QED) is 0.864. The molecule has 2 heterocycles. The molecule has 0 aliphatic carbocycles. The summed E-state index contributed by atoms with van der Waals surface area (Å²) in [6, 6.07) is -0.0694. The van der Waals surface area contributed by atoms with Crippen LogP contribution in [-0.4, -0.2) is 65.5 Å². The Kier molecular flexibility index (Phi) is 5.99. The zero-order valence-electron chi connectivity index (χ0n) is 15.3. The van der Waals surface area contributed by atoms with Gasteiger partial charge in [0.2, 0.25) is 11.8 Å². The van der Waals surface area contributed by atoms with Crippen LogP contribution in [0.2, 0.25) is 0 Å². The van der Waals surface area contributed by atoms with Crippen molar-refractivity contribution in [1.82, 2.24) is 20.3 Å². The Morgan fingerprint density at radius 2 is 2.04 bits per heavy atom. The number of amides is 2. The third-order valence-electron chi connectivity index (χ3n) is 4.78. The molecule has 1 saturated heterocycles. The fourth-order valence-electron chi connectivity index (χ4n) is 3.20. The Bertz CT molecular complexity index is 577. The van der Waals surface area contributed by atoms with Crippen molar-refractivity contribution >= 4 is 11.8 Å². The Morgan fingerprint density at radius 3 is 2.58 bits per heavy atom. The summed E-state index contributed by atoms with van der Waals surface area (Å²) < 4.78 is 5.14. The lowest BCUT2D eigenvalue weighted by Gasteiger charge is -2.42. The number of nitrogens with one attached hydrogen (secondary N) is 1. The Hall–Kier alpha value is -1.89. The molecule has 2 amide bonds. The summed E-state index contributed by atoms with van der Waals surface area (Å²) in [6.45, 7) is 9.90. The first kappa shape index (κ1) is 18.4. The van der Waals surface area contributed by atoms with Gasteiger partial charge in [-0.2, -0.15) is 0 Å². The minimum absolute atomic E-state index is 0.00649. The predicted molar refractivity (Wildman–Crippen MR) is 90.6 cm³/mol. The fraction of sp³-hybridized carbons (Fsp3) is 0.706. The van der Waals surface area contributed by atoms with Gasteiger partial charge in [-0.25, -0.2) is 0 Å². The average molecular weight is 336 g/mol. The van der Waals surface area contributed by atoms with E-state index in [1.807, 2.05) is 13.8 Å². The molecular weight excluding hydrogens is 308 g/mol. The van der Waals surface area contributed by atoms with Crippen LogP contribution in [0.1, 0.15) is 37.3 Å². The zero-order chi connectivity index (χ0) is 17.9. The molecule has 1 aromatic rings. The smallest absolute Gasteiger partial charge is 0.243 e. The highest BCUT2D eigenvalue weighted by molar-refractivity contribution is 5.88. The number of piperazine rings is 1. The maximum Gasteiger partial charge on any atom is 0.243 e. The topological polar surface area (TPSA) is 78.7 Å². The number of aryl methyl sites for hydroxylation is 2. The summed E-state index contributed by atoms with van der Waals surface area (Å²) in [5, 5.41) is 6.60. The van der Waals surface area contributed by atoms with Crippen LogP contribution >= 0.6 is 0 Å². The molecule has 0 radical (unpaired) electrons. The van der Waals surface area contributed by atoms with Crippen molar-refractivity contribution in [3.8, 4) is 0 Å². The SMILES string of the molecule is CNC(=O)C1CN(C(C)C)CCN1C(=O)CCc1c(C)noc1C. The first-order valence-corrected chi connectivity index (χ1v) is 8.52. The van der Waals surface area contributed by atoms with Gasteiger partial charge in [-0.3, -0.25) is 14.5 Å². The number of hydrogen-bond acceptors (Lipinski definition) is 5. The van der Waals surface area contributed by atoms with Gasteiger partial charge in [0, 0.05) is 44.7 Å². The van der Waals surface area contributed by atoms with E-state index in [-0.39, 0.29) is 11.8 Å². The molecule has 0 spiro atoms. The molecule has 7 nitrogen and oxygen atoms in total. The Balaban J connectivity index is 2.04. The summed E-state index contributed by atoms with van der Waals surface area (Å²) in [4.78, 5) is 28.9. The van der Waals surface area contributed by atoms with Crippen LogP contribution in [0.15, 0.2) is 4.52 Å². The van der Waals surface area contributed by atoms with E-state index in [0.29, 0.717) is 32.0 Å². The van der Waals surface area contributed by atoms with Crippen LogP contribution in [0.5, 0.6) is 0 Å². The van der Waals surface area contributed by atoms with Crippen LogP contribution in [0.4, 0.5) is 0 Å². The number of carbonyl (C=O) groups excluding carboxylic acids is 2. The molecule has 1 aliphatic heterocycles. The molecule has 7 heteroatoms. The summed E-state index contributed by atoms with van der Waals surface area (Å²) in [5.74, 6) is 0.658. The number of aromatic nitrogens is 1. The molecule has 1 aliphatic rings. The third-order valence-corrected chi connectivity index (χ3v) is 4.78. The predicted octanol–water partition coefficient (Wildman–Crippen LogP) is 0.891. The average Bonchev–Trinajstić information content (AvgIpc) is 2.89. The highest BCUT2D eigenvalue weighted by Gasteiger charge is 2.35. The monoisotopic (exact) mass is 336 g/mol. The van der Waals surface area contributed by atoms with E-state index < -0.39 is 6.04 Å². The number of likely N-dealkylation sites (N-methyl/N-ethyl adjacent to an activating group) is 1. The van der Waals surface area contributed by atoms with E-state index in [9.17, 15) is 9.59 Å². The van der Waals surface area contributed by atoms with Crippen LogP contribution in [-0.2, 0) is 16.0 Å². The maximum absolute atomic E-state index is 12.7. The Morgan fingerprint density at radius 1 is 1.33 bits per heavy atom. The van der Waals surface area contributed by atoms with Crippen LogP contribution < -0.4 is 5.32 Å². The summed E-state index contributed by atoms with van der Waals surface area (Å²) in [6.07, 6.45) is 0.947. The van der Waals surface area contributed by atoms with Gasteiger partial charge < -0.3 is 14.7 Å². The van der Waals surface area contributed by atoms with Gasteiger partial charge in [-0.15, -0.1) is 0 Å². The van der Waals surface area contributed by atoms with Crippen molar-refractivity contribution < 1.29 is 14.1 Å². The first-order valence-electron chi connectivity index (χ1n) is 8.52. The van der Waals surface area contributed by atoms with E-state index in [4.69, 9.17) is 4.52 Å². The van der Waals surface area contributed by atoms with E-state index in [2.05, 4.69) is 29.2 Å². The minimum Gasteiger partial charge on any atom is -0.361 e. The van der Waals surface area contributed by atoms with E-state index in [1.54, 1.807) is 11.9 Å². The second-order valence-corrected chi connectivity index (χ2v) is 6.61. The van der Waals surface area contributed by atoms with Crippen LogP contribution in [0, 0.1) is 13.8 Å². The molecule has 134 valence electrons. The highest BCUT2D eigenvalue weighted by atomic mass is 16.5. The van der Waals surface area contributed by atoms with Crippen molar-refractivity contribution in [2.24, 2.45) is 0 Å². The first-order chi connectivity index (χ1) is 11.3. The lowest BCUT2D eigenvalue weighted by atomic mass is 10.1. The molecule has 1 atom stereocenters.